The molecule has 6 heteroatoms. The predicted molar refractivity (Wildman–Crippen MR) is 100 cm³/mol. The van der Waals surface area contributed by atoms with Gasteiger partial charge in [-0.2, -0.15) is 0 Å². The fraction of sp³-hybridized carbons (Fsp3) is 0.316. The standard InChI is InChI=1S/C19H22N2O3S/c1-14(2)25(22,23)21-13-15(3)24-19-11-7-17(8-12-19)16-5-9-18(20-4)10-6-16/h5-12,14-15,21H,13H2,1-3H3/t15-/m1/s1. The van der Waals surface area contributed by atoms with Crippen LogP contribution in [0.5, 0.6) is 5.75 Å². The van der Waals surface area contributed by atoms with Gasteiger partial charge in [-0.3, -0.25) is 0 Å². The third kappa shape index (κ3) is 5.31. The zero-order chi connectivity index (χ0) is 18.4. The molecule has 0 fully saturated rings. The molecule has 0 saturated heterocycles. The number of benzene rings is 2. The molecule has 0 aliphatic carbocycles. The molecule has 0 bridgehead atoms. The summed E-state index contributed by atoms with van der Waals surface area (Å²) in [7, 11) is -3.29. The van der Waals surface area contributed by atoms with E-state index in [0.29, 0.717) is 11.4 Å². The minimum atomic E-state index is -3.29. The van der Waals surface area contributed by atoms with Gasteiger partial charge in [-0.05, 0) is 44.0 Å². The molecule has 1 N–H and O–H groups in total. The van der Waals surface area contributed by atoms with Gasteiger partial charge in [-0.1, -0.05) is 36.4 Å². The van der Waals surface area contributed by atoms with Gasteiger partial charge in [0.05, 0.1) is 11.8 Å². The molecule has 2 aromatic rings. The fourth-order valence-corrected chi connectivity index (χ4v) is 2.93. The highest BCUT2D eigenvalue weighted by Crippen LogP contribution is 2.25. The highest BCUT2D eigenvalue weighted by molar-refractivity contribution is 7.90. The van der Waals surface area contributed by atoms with E-state index >= 15 is 0 Å². The summed E-state index contributed by atoms with van der Waals surface area (Å²) in [5, 5.41) is -0.465. The minimum Gasteiger partial charge on any atom is -0.489 e. The van der Waals surface area contributed by atoms with Crippen molar-refractivity contribution in [3.8, 4) is 16.9 Å². The lowest BCUT2D eigenvalue weighted by Gasteiger charge is -2.17. The Morgan fingerprint density at radius 3 is 2.00 bits per heavy atom. The molecule has 0 radical (unpaired) electrons. The summed E-state index contributed by atoms with van der Waals surface area (Å²) in [5.74, 6) is 0.678. The van der Waals surface area contributed by atoms with Gasteiger partial charge in [-0.15, -0.1) is 0 Å². The summed E-state index contributed by atoms with van der Waals surface area (Å²) < 4.78 is 31.8. The van der Waals surface area contributed by atoms with Crippen LogP contribution < -0.4 is 9.46 Å². The molecule has 0 saturated carbocycles. The molecule has 0 amide bonds. The SMILES string of the molecule is [C-]#[N+]c1ccc(-c2ccc(O[C@H](C)CNS(=O)(=O)C(C)C)cc2)cc1. The number of hydrogen-bond acceptors (Lipinski definition) is 3. The van der Waals surface area contributed by atoms with Crippen molar-refractivity contribution in [2.75, 3.05) is 6.54 Å². The number of nitrogens with one attached hydrogen (secondary N) is 1. The highest BCUT2D eigenvalue weighted by atomic mass is 32.2. The van der Waals surface area contributed by atoms with E-state index in [1.807, 2.05) is 43.3 Å². The van der Waals surface area contributed by atoms with Crippen LogP contribution in [0.4, 0.5) is 5.69 Å². The molecule has 0 spiro atoms. The van der Waals surface area contributed by atoms with Crippen molar-refractivity contribution in [2.45, 2.75) is 32.1 Å². The fourth-order valence-electron chi connectivity index (χ4n) is 2.13. The van der Waals surface area contributed by atoms with Gasteiger partial charge in [0, 0.05) is 6.54 Å². The van der Waals surface area contributed by atoms with Crippen molar-refractivity contribution in [3.63, 3.8) is 0 Å². The van der Waals surface area contributed by atoms with Crippen molar-refractivity contribution >= 4 is 15.7 Å². The van der Waals surface area contributed by atoms with E-state index in [-0.39, 0.29) is 12.6 Å². The first kappa shape index (κ1) is 19.0. The minimum absolute atomic E-state index is 0.223. The van der Waals surface area contributed by atoms with Gasteiger partial charge in [0.25, 0.3) is 0 Å². The summed E-state index contributed by atoms with van der Waals surface area (Å²) >= 11 is 0. The van der Waals surface area contributed by atoms with Crippen LogP contribution in [0.1, 0.15) is 20.8 Å². The van der Waals surface area contributed by atoms with Crippen molar-refractivity contribution < 1.29 is 13.2 Å². The van der Waals surface area contributed by atoms with Gasteiger partial charge in [0.1, 0.15) is 11.9 Å². The predicted octanol–water partition coefficient (Wildman–Crippen LogP) is 4.00. The van der Waals surface area contributed by atoms with E-state index in [0.717, 1.165) is 11.1 Å². The first-order valence-electron chi connectivity index (χ1n) is 8.05. The van der Waals surface area contributed by atoms with Crippen molar-refractivity contribution in [1.82, 2.24) is 4.72 Å². The smallest absolute Gasteiger partial charge is 0.214 e. The van der Waals surface area contributed by atoms with Crippen molar-refractivity contribution in [2.24, 2.45) is 0 Å². The van der Waals surface area contributed by atoms with Gasteiger partial charge in [0.15, 0.2) is 5.69 Å². The number of nitrogens with zero attached hydrogens (tertiary/aromatic N) is 1. The van der Waals surface area contributed by atoms with Crippen LogP contribution in [0, 0.1) is 6.57 Å². The molecule has 0 heterocycles. The Hall–Kier alpha value is -2.36. The van der Waals surface area contributed by atoms with E-state index in [9.17, 15) is 8.42 Å². The number of ether oxygens (including phenoxy) is 1. The summed E-state index contributed by atoms with van der Waals surface area (Å²) in [6.07, 6.45) is -0.280. The molecular weight excluding hydrogens is 336 g/mol. The quantitative estimate of drug-likeness (QED) is 0.761. The van der Waals surface area contributed by atoms with E-state index in [1.165, 1.54) is 0 Å². The van der Waals surface area contributed by atoms with E-state index < -0.39 is 15.3 Å². The molecule has 0 aliphatic rings. The molecule has 5 nitrogen and oxygen atoms in total. The average Bonchev–Trinajstić information content (AvgIpc) is 2.61. The monoisotopic (exact) mass is 358 g/mol. The molecule has 132 valence electrons. The molecule has 2 rings (SSSR count). The normalized spacial score (nSPS) is 12.6. The lowest BCUT2D eigenvalue weighted by Crippen LogP contribution is -2.37. The third-order valence-corrected chi connectivity index (χ3v) is 5.52. The first-order valence-corrected chi connectivity index (χ1v) is 9.59. The van der Waals surface area contributed by atoms with Gasteiger partial charge in [0.2, 0.25) is 10.0 Å². The lowest BCUT2D eigenvalue weighted by atomic mass is 10.1. The first-order chi connectivity index (χ1) is 11.8. The maximum Gasteiger partial charge on any atom is 0.214 e. The molecule has 1 atom stereocenters. The Balaban J connectivity index is 1.96. The summed E-state index contributed by atoms with van der Waals surface area (Å²) in [6.45, 7) is 12.3. The Kier molecular flexibility index (Phi) is 6.18. The second-order valence-corrected chi connectivity index (χ2v) is 8.38. The van der Waals surface area contributed by atoms with Gasteiger partial charge < -0.3 is 4.74 Å². The van der Waals surface area contributed by atoms with Crippen LogP contribution >= 0.6 is 0 Å². The Bertz CT molecular complexity index is 836. The second-order valence-electron chi connectivity index (χ2n) is 6.05. The van der Waals surface area contributed by atoms with Crippen molar-refractivity contribution in [3.05, 3.63) is 59.9 Å². The molecular formula is C19H22N2O3S. The number of sulfonamides is 1. The maximum absolute atomic E-state index is 11.7. The molecule has 2 aromatic carbocycles. The van der Waals surface area contributed by atoms with Gasteiger partial charge in [-0.25, -0.2) is 18.0 Å². The topological polar surface area (TPSA) is 59.8 Å². The van der Waals surface area contributed by atoms with Crippen LogP contribution in [0.2, 0.25) is 0 Å². The molecule has 0 unspecified atom stereocenters. The third-order valence-electron chi connectivity index (χ3n) is 3.71. The van der Waals surface area contributed by atoms with E-state index in [4.69, 9.17) is 11.3 Å². The Morgan fingerprint density at radius 1 is 1.00 bits per heavy atom. The molecule has 0 aromatic heterocycles. The van der Waals surface area contributed by atoms with Crippen LogP contribution in [0.15, 0.2) is 48.5 Å². The highest BCUT2D eigenvalue weighted by Gasteiger charge is 2.16. The summed E-state index contributed by atoms with van der Waals surface area (Å²) in [6, 6.07) is 15.0. The van der Waals surface area contributed by atoms with Crippen molar-refractivity contribution in [1.29, 1.82) is 0 Å². The van der Waals surface area contributed by atoms with E-state index in [2.05, 4.69) is 9.57 Å². The zero-order valence-corrected chi connectivity index (χ0v) is 15.4. The molecule has 0 aliphatic heterocycles. The van der Waals surface area contributed by atoms with Crippen LogP contribution in [0.25, 0.3) is 16.0 Å². The zero-order valence-electron chi connectivity index (χ0n) is 14.6. The van der Waals surface area contributed by atoms with Crippen LogP contribution in [0.3, 0.4) is 0 Å². The van der Waals surface area contributed by atoms with Gasteiger partial charge >= 0.3 is 0 Å². The molecule has 25 heavy (non-hydrogen) atoms. The lowest BCUT2D eigenvalue weighted by molar-refractivity contribution is 0.225. The Morgan fingerprint density at radius 2 is 1.52 bits per heavy atom. The number of hydrogen-bond donors (Lipinski definition) is 1. The maximum atomic E-state index is 11.7. The average molecular weight is 358 g/mol. The number of rotatable bonds is 7. The largest absolute Gasteiger partial charge is 0.489 e. The van der Waals surface area contributed by atoms with E-state index in [1.54, 1.807) is 26.0 Å². The summed E-state index contributed by atoms with van der Waals surface area (Å²) in [4.78, 5) is 3.38. The van der Waals surface area contributed by atoms with Crippen LogP contribution in [-0.4, -0.2) is 26.3 Å². The van der Waals surface area contributed by atoms with Crippen LogP contribution in [-0.2, 0) is 10.0 Å². The Labute approximate surface area is 149 Å². The summed E-state index contributed by atoms with van der Waals surface area (Å²) in [5.41, 5.74) is 2.66. The second kappa shape index (κ2) is 8.15.